The quantitative estimate of drug-likeness (QED) is 0.551. The van der Waals surface area contributed by atoms with E-state index in [1.807, 2.05) is 0 Å². The molecule has 1 heterocycles. The number of primary amides is 1. The van der Waals surface area contributed by atoms with Gasteiger partial charge >= 0.3 is 0 Å². The summed E-state index contributed by atoms with van der Waals surface area (Å²) < 4.78 is 4.94. The van der Waals surface area contributed by atoms with E-state index in [0.717, 1.165) is 12.8 Å². The smallest absolute Gasteiger partial charge is 0.217 e. The van der Waals surface area contributed by atoms with E-state index in [4.69, 9.17) is 22.1 Å². The molecule has 0 unspecified atom stereocenters. The number of unbranched alkanes of at least 4 members (excludes halogenated alkanes) is 1. The Morgan fingerprint density at radius 3 is 2.94 bits per heavy atom. The maximum absolute atomic E-state index is 10.5. The average Bonchev–Trinajstić information content (AvgIpc) is 2.28. The second kappa shape index (κ2) is 7.84. The second-order valence-corrected chi connectivity index (χ2v) is 4.16. The number of nitrogens with one attached hydrogen (secondary N) is 1. The Kier molecular flexibility index (Phi) is 6.38. The number of carbonyl (C=O) groups is 1. The number of anilines is 1. The van der Waals surface area contributed by atoms with Crippen LogP contribution in [0.25, 0.3) is 0 Å². The predicted molar refractivity (Wildman–Crippen MR) is 69.3 cm³/mol. The third kappa shape index (κ3) is 5.79. The van der Waals surface area contributed by atoms with Crippen molar-refractivity contribution in [2.24, 2.45) is 5.73 Å². The van der Waals surface area contributed by atoms with E-state index >= 15 is 0 Å². The molecule has 1 aromatic heterocycles. The number of aromatic nitrogens is 2. The highest BCUT2D eigenvalue weighted by molar-refractivity contribution is 6.29. The largest absolute Gasteiger partial charge is 0.377 e. The summed E-state index contributed by atoms with van der Waals surface area (Å²) in [4.78, 5) is 18.8. The van der Waals surface area contributed by atoms with Gasteiger partial charge in [-0.3, -0.25) is 4.79 Å². The van der Waals surface area contributed by atoms with Gasteiger partial charge < -0.3 is 15.8 Å². The lowest BCUT2D eigenvalue weighted by atomic mass is 10.2. The summed E-state index contributed by atoms with van der Waals surface area (Å²) >= 11 is 5.86. The molecule has 0 saturated carbocycles. The molecule has 0 aromatic carbocycles. The normalized spacial score (nSPS) is 10.3. The summed E-state index contributed by atoms with van der Waals surface area (Å²) in [6, 6.07) is 1.65. The molecule has 1 amide bonds. The van der Waals surface area contributed by atoms with Gasteiger partial charge in [-0.2, -0.15) is 0 Å². The number of amides is 1. The van der Waals surface area contributed by atoms with Crippen molar-refractivity contribution < 1.29 is 9.53 Å². The predicted octanol–water partition coefficient (Wildman–Crippen LogP) is 1.34. The highest BCUT2D eigenvalue weighted by Gasteiger charge is 2.02. The van der Waals surface area contributed by atoms with Crippen molar-refractivity contribution in [3.63, 3.8) is 0 Å². The summed E-state index contributed by atoms with van der Waals surface area (Å²) in [6.07, 6.45) is 2.00. The standard InChI is InChI=1S/C11H17ClN4O2/c1-18-7-11-15-8(12)6-10(16-11)14-5-3-2-4-9(13)17/h6H,2-5,7H2,1H3,(H2,13,17)(H,14,15,16). The number of carbonyl (C=O) groups excluding carboxylic acids is 1. The molecular weight excluding hydrogens is 256 g/mol. The summed E-state index contributed by atoms with van der Waals surface area (Å²) in [7, 11) is 1.57. The number of nitrogens with zero attached hydrogens (tertiary/aromatic N) is 2. The summed E-state index contributed by atoms with van der Waals surface area (Å²) in [5, 5.41) is 3.49. The molecule has 3 N–H and O–H groups in total. The minimum Gasteiger partial charge on any atom is -0.377 e. The molecule has 0 radical (unpaired) electrons. The van der Waals surface area contributed by atoms with Crippen LogP contribution >= 0.6 is 11.6 Å². The molecular formula is C11H17ClN4O2. The van der Waals surface area contributed by atoms with E-state index < -0.39 is 0 Å². The molecule has 1 aromatic rings. The molecule has 0 bridgehead atoms. The minimum absolute atomic E-state index is 0.275. The van der Waals surface area contributed by atoms with Crippen LogP contribution in [0.2, 0.25) is 5.15 Å². The van der Waals surface area contributed by atoms with Crippen LogP contribution in [0.5, 0.6) is 0 Å². The van der Waals surface area contributed by atoms with E-state index in [2.05, 4.69) is 15.3 Å². The fourth-order valence-electron chi connectivity index (χ4n) is 1.39. The van der Waals surface area contributed by atoms with Crippen LogP contribution < -0.4 is 11.1 Å². The van der Waals surface area contributed by atoms with Crippen LogP contribution in [-0.4, -0.2) is 29.5 Å². The van der Waals surface area contributed by atoms with Crippen molar-refractivity contribution in [1.29, 1.82) is 0 Å². The zero-order chi connectivity index (χ0) is 13.4. The van der Waals surface area contributed by atoms with Gasteiger partial charge in [0.05, 0.1) is 0 Å². The number of nitrogens with two attached hydrogens (primary N) is 1. The Bertz CT molecular complexity index is 401. The Balaban J connectivity index is 2.39. The first-order valence-corrected chi connectivity index (χ1v) is 6.04. The lowest BCUT2D eigenvalue weighted by molar-refractivity contribution is -0.118. The van der Waals surface area contributed by atoms with Gasteiger partial charge in [-0.1, -0.05) is 11.6 Å². The second-order valence-electron chi connectivity index (χ2n) is 3.78. The van der Waals surface area contributed by atoms with Crippen molar-refractivity contribution in [3.8, 4) is 0 Å². The number of hydrogen-bond donors (Lipinski definition) is 2. The molecule has 7 heteroatoms. The third-order valence-electron chi connectivity index (χ3n) is 2.17. The zero-order valence-electron chi connectivity index (χ0n) is 10.3. The Morgan fingerprint density at radius 1 is 1.50 bits per heavy atom. The molecule has 6 nitrogen and oxygen atoms in total. The minimum atomic E-state index is -0.275. The number of hydrogen-bond acceptors (Lipinski definition) is 5. The van der Waals surface area contributed by atoms with Crippen molar-refractivity contribution in [2.75, 3.05) is 19.0 Å². The van der Waals surface area contributed by atoms with Gasteiger partial charge in [-0.25, -0.2) is 9.97 Å². The first-order valence-electron chi connectivity index (χ1n) is 5.66. The maximum atomic E-state index is 10.5. The summed E-state index contributed by atoms with van der Waals surface area (Å²) in [5.41, 5.74) is 5.05. The first-order chi connectivity index (χ1) is 8.61. The van der Waals surface area contributed by atoms with Gasteiger partial charge in [-0.05, 0) is 12.8 Å². The average molecular weight is 273 g/mol. The monoisotopic (exact) mass is 272 g/mol. The molecule has 0 spiro atoms. The Morgan fingerprint density at radius 2 is 2.28 bits per heavy atom. The van der Waals surface area contributed by atoms with Gasteiger partial charge in [-0.15, -0.1) is 0 Å². The van der Waals surface area contributed by atoms with Crippen molar-refractivity contribution in [2.45, 2.75) is 25.9 Å². The molecule has 100 valence electrons. The van der Waals surface area contributed by atoms with Crippen LogP contribution in [0.3, 0.4) is 0 Å². The summed E-state index contributed by atoms with van der Waals surface area (Å²) in [6.45, 7) is 1.02. The SMILES string of the molecule is COCc1nc(Cl)cc(NCCCCC(N)=O)n1. The number of methoxy groups -OCH3 is 1. The molecule has 1 rings (SSSR count). The highest BCUT2D eigenvalue weighted by Crippen LogP contribution is 2.12. The lowest BCUT2D eigenvalue weighted by Gasteiger charge is -2.07. The molecule has 0 aliphatic carbocycles. The van der Waals surface area contributed by atoms with E-state index in [-0.39, 0.29) is 5.91 Å². The molecule has 18 heavy (non-hydrogen) atoms. The fourth-order valence-corrected chi connectivity index (χ4v) is 1.59. The Hall–Kier alpha value is -1.40. The fraction of sp³-hybridized carbons (Fsp3) is 0.545. The van der Waals surface area contributed by atoms with Crippen LogP contribution in [0.15, 0.2) is 6.07 Å². The van der Waals surface area contributed by atoms with E-state index in [0.29, 0.717) is 36.4 Å². The lowest BCUT2D eigenvalue weighted by Crippen LogP contribution is -2.11. The maximum Gasteiger partial charge on any atom is 0.217 e. The number of rotatable bonds is 8. The molecule has 0 aliphatic heterocycles. The van der Waals surface area contributed by atoms with Gasteiger partial charge in [0.2, 0.25) is 5.91 Å². The van der Waals surface area contributed by atoms with Crippen molar-refractivity contribution >= 4 is 23.3 Å². The van der Waals surface area contributed by atoms with Crippen molar-refractivity contribution in [3.05, 3.63) is 17.0 Å². The van der Waals surface area contributed by atoms with Crippen molar-refractivity contribution in [1.82, 2.24) is 9.97 Å². The third-order valence-corrected chi connectivity index (χ3v) is 2.36. The van der Waals surface area contributed by atoms with Gasteiger partial charge in [0.25, 0.3) is 0 Å². The van der Waals surface area contributed by atoms with Gasteiger partial charge in [0.1, 0.15) is 17.6 Å². The van der Waals surface area contributed by atoms with Crippen LogP contribution in [-0.2, 0) is 16.1 Å². The van der Waals surface area contributed by atoms with Crippen LogP contribution in [0.4, 0.5) is 5.82 Å². The molecule has 0 atom stereocenters. The Labute approximate surface area is 111 Å². The van der Waals surface area contributed by atoms with E-state index in [1.54, 1.807) is 13.2 Å². The first kappa shape index (κ1) is 14.7. The summed E-state index contributed by atoms with van der Waals surface area (Å²) in [5.74, 6) is 0.910. The molecule has 0 aliphatic rings. The van der Waals surface area contributed by atoms with Gasteiger partial charge in [0.15, 0.2) is 5.82 Å². The van der Waals surface area contributed by atoms with Gasteiger partial charge in [0, 0.05) is 26.1 Å². The molecule has 0 fully saturated rings. The van der Waals surface area contributed by atoms with E-state index in [9.17, 15) is 4.79 Å². The van der Waals surface area contributed by atoms with E-state index in [1.165, 1.54) is 0 Å². The number of ether oxygens (including phenoxy) is 1. The highest BCUT2D eigenvalue weighted by atomic mass is 35.5. The van der Waals surface area contributed by atoms with Crippen LogP contribution in [0.1, 0.15) is 25.1 Å². The van der Waals surface area contributed by atoms with Crippen LogP contribution in [0, 0.1) is 0 Å². The molecule has 0 saturated heterocycles. The number of halogens is 1. The topological polar surface area (TPSA) is 90.1 Å². The zero-order valence-corrected chi connectivity index (χ0v) is 11.0.